The number of rotatable bonds is 3. The van der Waals surface area contributed by atoms with E-state index >= 15 is 0 Å². The number of hydrogen-bond acceptors (Lipinski definition) is 4. The molecule has 0 aliphatic rings. The van der Waals surface area contributed by atoms with Crippen LogP contribution in [0.25, 0.3) is 0 Å². The second kappa shape index (κ2) is 11.5. The van der Waals surface area contributed by atoms with Crippen LogP contribution in [0.5, 0.6) is 0 Å². The fraction of sp³-hybridized carbons (Fsp3) is 0. The Hall–Kier alpha value is -2.07. The van der Waals surface area contributed by atoms with Gasteiger partial charge in [0.05, 0.1) is 0 Å². The van der Waals surface area contributed by atoms with Crippen molar-refractivity contribution in [1.29, 1.82) is 0 Å². The molecule has 0 fully saturated rings. The molecular weight excluding hydrogens is 303 g/mol. The summed E-state index contributed by atoms with van der Waals surface area (Å²) in [5, 5.41) is 4.19. The molecule has 23 heavy (non-hydrogen) atoms. The Morgan fingerprint density at radius 1 is 0.391 bits per heavy atom. The maximum absolute atomic E-state index is 4.00. The van der Waals surface area contributed by atoms with Crippen LogP contribution in [0.15, 0.2) is 91.0 Å². The molecule has 0 spiro atoms. The van der Waals surface area contributed by atoms with Crippen LogP contribution in [0.2, 0.25) is 0 Å². The van der Waals surface area contributed by atoms with Crippen LogP contribution in [0.4, 0.5) is 0 Å². The average Bonchev–Trinajstić information content (AvgIpc) is 2.68. The fourth-order valence-electron chi connectivity index (χ4n) is 2.18. The minimum Gasteiger partial charge on any atom is -0.274 e. The van der Waals surface area contributed by atoms with Gasteiger partial charge in [-0.1, -0.05) is 91.0 Å². The molecule has 0 saturated carbocycles. The normalized spacial score (nSPS) is 9.26. The second-order valence-corrected chi connectivity index (χ2v) is 6.56. The van der Waals surface area contributed by atoms with Gasteiger partial charge in [0.1, 0.15) is 0 Å². The molecule has 8 N–H and O–H groups in total. The lowest BCUT2D eigenvalue weighted by atomic mass is 10.4. The van der Waals surface area contributed by atoms with Crippen molar-refractivity contribution in [2.24, 2.45) is 23.4 Å². The highest BCUT2D eigenvalue weighted by Gasteiger charge is 2.14. The van der Waals surface area contributed by atoms with Gasteiger partial charge in [0.15, 0.2) is 0 Å². The van der Waals surface area contributed by atoms with Crippen LogP contribution in [0.3, 0.4) is 0 Å². The standard InChI is InChI=1S/C18H15P.2H4N2/c1-4-10-16(11-5-1)19(17-12-6-2-7-13-17)18-14-8-3-9-15-18;2*1-2/h1-15H;2*1-2H2. The highest BCUT2D eigenvalue weighted by Crippen LogP contribution is 2.32. The van der Waals surface area contributed by atoms with Crippen molar-refractivity contribution in [2.45, 2.75) is 0 Å². The van der Waals surface area contributed by atoms with Crippen LogP contribution < -0.4 is 39.3 Å². The summed E-state index contributed by atoms with van der Waals surface area (Å²) < 4.78 is 0. The van der Waals surface area contributed by atoms with E-state index in [0.29, 0.717) is 0 Å². The molecular formula is C18H23N4P. The molecule has 3 aromatic carbocycles. The highest BCUT2D eigenvalue weighted by atomic mass is 31.1. The fourth-order valence-corrected chi connectivity index (χ4v) is 4.48. The molecule has 0 aromatic heterocycles. The van der Waals surface area contributed by atoms with Gasteiger partial charge in [-0.25, -0.2) is 0 Å². The highest BCUT2D eigenvalue weighted by molar-refractivity contribution is 7.79. The Balaban J connectivity index is 0.000000615. The Morgan fingerprint density at radius 3 is 0.826 bits per heavy atom. The van der Waals surface area contributed by atoms with E-state index in [9.17, 15) is 0 Å². The third kappa shape index (κ3) is 5.57. The molecule has 0 unspecified atom stereocenters. The molecule has 0 aliphatic carbocycles. The van der Waals surface area contributed by atoms with Crippen molar-refractivity contribution in [1.82, 2.24) is 0 Å². The Morgan fingerprint density at radius 2 is 0.609 bits per heavy atom. The summed E-state index contributed by atoms with van der Waals surface area (Å²) in [7, 11) is -0.446. The average molecular weight is 326 g/mol. The van der Waals surface area contributed by atoms with E-state index in [4.69, 9.17) is 0 Å². The summed E-state index contributed by atoms with van der Waals surface area (Å²) in [6.07, 6.45) is 0. The zero-order chi connectivity index (χ0) is 16.9. The number of hydrogen-bond donors (Lipinski definition) is 4. The third-order valence-electron chi connectivity index (χ3n) is 3.04. The van der Waals surface area contributed by atoms with Gasteiger partial charge in [-0.3, -0.25) is 23.4 Å². The van der Waals surface area contributed by atoms with Gasteiger partial charge in [0, 0.05) is 0 Å². The van der Waals surface area contributed by atoms with E-state index in [0.717, 1.165) is 0 Å². The van der Waals surface area contributed by atoms with Gasteiger partial charge in [-0.05, 0) is 23.8 Å². The largest absolute Gasteiger partial charge is 0.274 e. The van der Waals surface area contributed by atoms with E-state index in [1.54, 1.807) is 0 Å². The SMILES string of the molecule is NN.NN.c1ccc(P(c2ccccc2)c2ccccc2)cc1. The van der Waals surface area contributed by atoms with Crippen molar-refractivity contribution >= 4 is 23.8 Å². The minimum absolute atomic E-state index is 0.446. The molecule has 120 valence electrons. The van der Waals surface area contributed by atoms with Crippen molar-refractivity contribution in [3.8, 4) is 0 Å². The lowest BCUT2D eigenvalue weighted by Crippen LogP contribution is -2.20. The molecule has 3 aromatic rings. The summed E-state index contributed by atoms with van der Waals surface area (Å²) in [6.45, 7) is 0. The molecule has 5 heteroatoms. The quantitative estimate of drug-likeness (QED) is 0.328. The lowest BCUT2D eigenvalue weighted by molar-refractivity contribution is 1.26. The third-order valence-corrected chi connectivity index (χ3v) is 5.49. The van der Waals surface area contributed by atoms with Crippen molar-refractivity contribution in [3.05, 3.63) is 91.0 Å². The molecule has 0 heterocycles. The zero-order valence-corrected chi connectivity index (χ0v) is 13.8. The van der Waals surface area contributed by atoms with Crippen molar-refractivity contribution < 1.29 is 0 Å². The van der Waals surface area contributed by atoms with Gasteiger partial charge >= 0.3 is 0 Å². The predicted molar refractivity (Wildman–Crippen MR) is 102 cm³/mol. The number of hydrazine groups is 2. The van der Waals surface area contributed by atoms with E-state index < -0.39 is 7.92 Å². The summed E-state index contributed by atoms with van der Waals surface area (Å²) in [5.74, 6) is 16.0. The zero-order valence-electron chi connectivity index (χ0n) is 12.9. The molecule has 0 aliphatic heterocycles. The first-order valence-corrected chi connectivity index (χ1v) is 8.41. The summed E-state index contributed by atoms with van der Waals surface area (Å²) >= 11 is 0. The molecule has 4 nitrogen and oxygen atoms in total. The van der Waals surface area contributed by atoms with Gasteiger partial charge in [-0.15, -0.1) is 0 Å². The summed E-state index contributed by atoms with van der Waals surface area (Å²) in [5.41, 5.74) is 0. The van der Waals surface area contributed by atoms with E-state index in [2.05, 4.69) is 114 Å². The maximum atomic E-state index is 4.00. The first-order chi connectivity index (χ1) is 11.4. The Bertz CT molecular complexity index is 539. The van der Waals surface area contributed by atoms with Crippen LogP contribution >= 0.6 is 7.92 Å². The van der Waals surface area contributed by atoms with E-state index in [-0.39, 0.29) is 0 Å². The minimum atomic E-state index is -0.446. The molecule has 0 radical (unpaired) electrons. The number of nitrogens with two attached hydrogens (primary N) is 4. The van der Waals surface area contributed by atoms with Crippen molar-refractivity contribution in [3.63, 3.8) is 0 Å². The van der Waals surface area contributed by atoms with E-state index in [1.807, 2.05) is 0 Å². The molecule has 0 bridgehead atoms. The van der Waals surface area contributed by atoms with Gasteiger partial charge in [-0.2, -0.15) is 0 Å². The van der Waals surface area contributed by atoms with Crippen molar-refractivity contribution in [2.75, 3.05) is 0 Å². The number of benzene rings is 3. The second-order valence-electron chi connectivity index (χ2n) is 4.34. The van der Waals surface area contributed by atoms with Gasteiger partial charge < -0.3 is 0 Å². The van der Waals surface area contributed by atoms with Crippen LogP contribution in [-0.4, -0.2) is 0 Å². The van der Waals surface area contributed by atoms with E-state index in [1.165, 1.54) is 15.9 Å². The molecule has 0 atom stereocenters. The topological polar surface area (TPSA) is 104 Å². The first-order valence-electron chi connectivity index (χ1n) is 7.07. The monoisotopic (exact) mass is 326 g/mol. The van der Waals surface area contributed by atoms with Crippen LogP contribution in [0.1, 0.15) is 0 Å². The van der Waals surface area contributed by atoms with Gasteiger partial charge in [0.25, 0.3) is 0 Å². The Kier molecular flexibility index (Phi) is 9.48. The maximum Gasteiger partial charge on any atom is -0.0134 e. The smallest absolute Gasteiger partial charge is 0.0134 e. The Labute approximate surface area is 138 Å². The molecule has 0 saturated heterocycles. The lowest BCUT2D eigenvalue weighted by Gasteiger charge is -2.18. The van der Waals surface area contributed by atoms with Crippen LogP contribution in [0, 0.1) is 0 Å². The van der Waals surface area contributed by atoms with Crippen LogP contribution in [-0.2, 0) is 0 Å². The summed E-state index contributed by atoms with van der Waals surface area (Å²) in [6, 6.07) is 32.3. The predicted octanol–water partition coefficient (Wildman–Crippen LogP) is 1.08. The molecule has 3 rings (SSSR count). The first kappa shape index (κ1) is 19.0. The molecule has 0 amide bonds. The summed E-state index contributed by atoms with van der Waals surface area (Å²) in [4.78, 5) is 0. The van der Waals surface area contributed by atoms with Gasteiger partial charge in [0.2, 0.25) is 0 Å².